The van der Waals surface area contributed by atoms with E-state index in [2.05, 4.69) is 17.1 Å². The van der Waals surface area contributed by atoms with Crippen LogP contribution in [-0.2, 0) is 0 Å². The van der Waals surface area contributed by atoms with Crippen molar-refractivity contribution in [2.24, 2.45) is 0 Å². The van der Waals surface area contributed by atoms with Crippen LogP contribution in [0.3, 0.4) is 0 Å². The van der Waals surface area contributed by atoms with Gasteiger partial charge in [0.1, 0.15) is 9.88 Å². The monoisotopic (exact) mass is 316 g/mol. The molecule has 0 fully saturated rings. The lowest BCUT2D eigenvalue weighted by molar-refractivity contribution is 0.0833. The van der Waals surface area contributed by atoms with Crippen LogP contribution in [0.4, 0.5) is 10.7 Å². The van der Waals surface area contributed by atoms with Crippen molar-refractivity contribution < 1.29 is 4.79 Å². The molecule has 7 heteroatoms. The molecule has 0 aromatic carbocycles. The summed E-state index contributed by atoms with van der Waals surface area (Å²) in [5.74, 6) is -0.0449. The quantitative estimate of drug-likeness (QED) is 0.787. The van der Waals surface area contributed by atoms with E-state index in [0.717, 1.165) is 16.4 Å². The minimum absolute atomic E-state index is 0.0449. The number of anilines is 2. The Morgan fingerprint density at radius 1 is 1.40 bits per heavy atom. The van der Waals surface area contributed by atoms with E-state index in [-0.39, 0.29) is 5.91 Å². The van der Waals surface area contributed by atoms with E-state index in [4.69, 9.17) is 5.73 Å². The molecule has 0 aliphatic heterocycles. The molecule has 1 unspecified atom stereocenters. The minimum atomic E-state index is -0.0449. The molecule has 1 aromatic rings. The zero-order valence-corrected chi connectivity index (χ0v) is 14.6. The van der Waals surface area contributed by atoms with Gasteiger partial charge in [0.25, 0.3) is 5.91 Å². The van der Waals surface area contributed by atoms with E-state index in [9.17, 15) is 4.79 Å². The number of thiophene rings is 1. The van der Waals surface area contributed by atoms with Gasteiger partial charge in [-0.15, -0.1) is 23.1 Å². The first-order valence-electron chi connectivity index (χ1n) is 6.37. The molecule has 1 amide bonds. The fourth-order valence-electron chi connectivity index (χ4n) is 1.53. The van der Waals surface area contributed by atoms with E-state index in [0.29, 0.717) is 16.6 Å². The Balaban J connectivity index is 2.97. The van der Waals surface area contributed by atoms with Gasteiger partial charge in [-0.05, 0) is 27.3 Å². The Labute approximate surface area is 129 Å². The lowest BCUT2D eigenvalue weighted by Gasteiger charge is -2.20. The standard InChI is InChI=1S/C13H24N4OS2/c1-8(16(2)3)7-15-12-10(19-6)9(14)11(20-12)13(18)17(4)5/h8,15H,7,14H2,1-6H3. The summed E-state index contributed by atoms with van der Waals surface area (Å²) in [7, 11) is 7.57. The number of thioether (sulfide) groups is 1. The number of nitrogen functional groups attached to an aromatic ring is 1. The zero-order chi connectivity index (χ0) is 15.4. The highest BCUT2D eigenvalue weighted by Crippen LogP contribution is 2.42. The van der Waals surface area contributed by atoms with Crippen molar-refractivity contribution in [3.63, 3.8) is 0 Å². The summed E-state index contributed by atoms with van der Waals surface area (Å²) in [6.45, 7) is 2.96. The molecule has 5 nitrogen and oxygen atoms in total. The fourth-order valence-corrected chi connectivity index (χ4v) is 3.60. The van der Waals surface area contributed by atoms with Gasteiger partial charge in [-0.25, -0.2) is 0 Å². The summed E-state index contributed by atoms with van der Waals surface area (Å²) in [6, 6.07) is 0.404. The van der Waals surface area contributed by atoms with Gasteiger partial charge < -0.3 is 20.9 Å². The first-order valence-corrected chi connectivity index (χ1v) is 8.41. The van der Waals surface area contributed by atoms with Crippen LogP contribution in [0.2, 0.25) is 0 Å². The zero-order valence-electron chi connectivity index (χ0n) is 13.0. The normalized spacial score (nSPS) is 12.6. The van der Waals surface area contributed by atoms with Crippen LogP contribution in [0.25, 0.3) is 0 Å². The van der Waals surface area contributed by atoms with Crippen molar-refractivity contribution in [3.05, 3.63) is 4.88 Å². The number of carbonyl (C=O) groups excluding carboxylic acids is 1. The first-order chi connectivity index (χ1) is 9.29. The molecule has 0 radical (unpaired) electrons. The van der Waals surface area contributed by atoms with Gasteiger partial charge in [-0.1, -0.05) is 0 Å². The third-order valence-electron chi connectivity index (χ3n) is 3.14. The number of nitrogens with zero attached hydrogens (tertiary/aromatic N) is 2. The molecular formula is C13H24N4OS2. The molecule has 1 heterocycles. The van der Waals surface area contributed by atoms with Crippen LogP contribution >= 0.6 is 23.1 Å². The number of nitrogens with two attached hydrogens (primary N) is 1. The highest BCUT2D eigenvalue weighted by atomic mass is 32.2. The maximum absolute atomic E-state index is 12.1. The smallest absolute Gasteiger partial charge is 0.265 e. The van der Waals surface area contributed by atoms with Gasteiger partial charge >= 0.3 is 0 Å². The molecule has 0 saturated carbocycles. The molecule has 20 heavy (non-hydrogen) atoms. The van der Waals surface area contributed by atoms with Gasteiger partial charge in [-0.3, -0.25) is 4.79 Å². The number of nitrogens with one attached hydrogen (secondary N) is 1. The van der Waals surface area contributed by atoms with E-state index in [1.807, 2.05) is 20.4 Å². The number of hydrogen-bond donors (Lipinski definition) is 2. The van der Waals surface area contributed by atoms with Crippen LogP contribution in [0.5, 0.6) is 0 Å². The second-order valence-corrected chi connectivity index (χ2v) is 6.94. The van der Waals surface area contributed by atoms with Crippen LogP contribution in [0, 0.1) is 0 Å². The lowest BCUT2D eigenvalue weighted by atomic mass is 10.3. The third-order valence-corrected chi connectivity index (χ3v) is 5.26. The molecular weight excluding hydrogens is 292 g/mol. The molecule has 1 aromatic heterocycles. The topological polar surface area (TPSA) is 61.6 Å². The van der Waals surface area contributed by atoms with Crippen molar-refractivity contribution >= 4 is 39.7 Å². The number of likely N-dealkylation sites (N-methyl/N-ethyl adjacent to an activating group) is 1. The highest BCUT2D eigenvalue weighted by molar-refractivity contribution is 7.99. The van der Waals surface area contributed by atoms with E-state index >= 15 is 0 Å². The molecule has 114 valence electrons. The molecule has 0 saturated heterocycles. The molecule has 0 aliphatic rings. The predicted molar refractivity (Wildman–Crippen MR) is 90.2 cm³/mol. The van der Waals surface area contributed by atoms with Gasteiger partial charge in [0.2, 0.25) is 0 Å². The van der Waals surface area contributed by atoms with Crippen LogP contribution in [-0.4, -0.2) is 62.7 Å². The number of hydrogen-bond acceptors (Lipinski definition) is 6. The largest absolute Gasteiger partial charge is 0.396 e. The van der Waals surface area contributed by atoms with Crippen molar-refractivity contribution in [1.29, 1.82) is 0 Å². The molecule has 0 bridgehead atoms. The highest BCUT2D eigenvalue weighted by Gasteiger charge is 2.22. The summed E-state index contributed by atoms with van der Waals surface area (Å²) in [6.07, 6.45) is 1.98. The molecule has 1 rings (SSSR count). The van der Waals surface area contributed by atoms with Crippen molar-refractivity contribution in [2.45, 2.75) is 17.9 Å². The van der Waals surface area contributed by atoms with Crippen LogP contribution in [0.1, 0.15) is 16.6 Å². The molecule has 0 aliphatic carbocycles. The van der Waals surface area contributed by atoms with Gasteiger partial charge in [0.15, 0.2) is 0 Å². The summed E-state index contributed by atoms with van der Waals surface area (Å²) >= 11 is 3.00. The Bertz CT molecular complexity index is 471. The predicted octanol–water partition coefficient (Wildman–Crippen LogP) is 2.12. The average molecular weight is 316 g/mol. The third kappa shape index (κ3) is 3.80. The van der Waals surface area contributed by atoms with Crippen molar-refractivity contribution in [2.75, 3.05) is 52.0 Å². The molecule has 3 N–H and O–H groups in total. The lowest BCUT2D eigenvalue weighted by Crippen LogP contribution is -2.31. The molecule has 1 atom stereocenters. The van der Waals surface area contributed by atoms with E-state index in [1.54, 1.807) is 30.8 Å². The second-order valence-electron chi connectivity index (χ2n) is 5.10. The Morgan fingerprint density at radius 3 is 2.45 bits per heavy atom. The maximum atomic E-state index is 12.1. The maximum Gasteiger partial charge on any atom is 0.265 e. The fraction of sp³-hybridized carbons (Fsp3) is 0.615. The van der Waals surface area contributed by atoms with Gasteiger partial charge in [-0.2, -0.15) is 0 Å². The summed E-state index contributed by atoms with van der Waals surface area (Å²) in [5.41, 5.74) is 6.70. The summed E-state index contributed by atoms with van der Waals surface area (Å²) < 4.78 is 0. The summed E-state index contributed by atoms with van der Waals surface area (Å²) in [5, 5.41) is 4.39. The minimum Gasteiger partial charge on any atom is -0.396 e. The average Bonchev–Trinajstić information content (AvgIpc) is 2.70. The second kappa shape index (κ2) is 7.19. The summed E-state index contributed by atoms with van der Waals surface area (Å²) in [4.78, 5) is 17.4. The van der Waals surface area contributed by atoms with Crippen molar-refractivity contribution in [3.8, 4) is 0 Å². The Morgan fingerprint density at radius 2 is 2.00 bits per heavy atom. The number of amides is 1. The Hall–Kier alpha value is -0.920. The molecule has 0 spiro atoms. The van der Waals surface area contributed by atoms with Crippen LogP contribution in [0.15, 0.2) is 4.90 Å². The van der Waals surface area contributed by atoms with Gasteiger partial charge in [0.05, 0.1) is 10.6 Å². The number of carbonyl (C=O) groups is 1. The first kappa shape index (κ1) is 17.1. The van der Waals surface area contributed by atoms with E-state index < -0.39 is 0 Å². The number of rotatable bonds is 6. The van der Waals surface area contributed by atoms with Crippen molar-refractivity contribution in [1.82, 2.24) is 9.80 Å². The SMILES string of the molecule is CSc1c(NCC(C)N(C)C)sc(C(=O)N(C)C)c1N. The van der Waals surface area contributed by atoms with E-state index in [1.165, 1.54) is 11.3 Å². The van der Waals surface area contributed by atoms with Crippen LogP contribution < -0.4 is 11.1 Å². The van der Waals surface area contributed by atoms with Gasteiger partial charge in [0, 0.05) is 26.7 Å². The Kier molecular flexibility index (Phi) is 6.16.